The average Bonchev–Trinajstić information content (AvgIpc) is 2.76. The summed E-state index contributed by atoms with van der Waals surface area (Å²) >= 11 is 5.83. The molecule has 0 aliphatic heterocycles. The molecule has 1 saturated carbocycles. The number of rotatable bonds is 3. The fraction of sp³-hybridized carbons (Fsp3) is 0.400. The summed E-state index contributed by atoms with van der Waals surface area (Å²) in [5.41, 5.74) is 0. The molecular formula is C10H10ClN5O. The summed E-state index contributed by atoms with van der Waals surface area (Å²) in [4.78, 5) is 12.1. The second-order valence-corrected chi connectivity index (χ2v) is 4.15. The van der Waals surface area contributed by atoms with Crippen molar-refractivity contribution < 1.29 is 4.74 Å². The number of aromatic nitrogens is 5. The molecule has 3 rings (SSSR count). The second kappa shape index (κ2) is 4.29. The number of hydrogen-bond acceptors (Lipinski definition) is 5. The molecule has 0 spiro atoms. The maximum atomic E-state index is 5.83. The number of halogens is 1. The van der Waals surface area contributed by atoms with Gasteiger partial charge in [-0.25, -0.2) is 4.68 Å². The van der Waals surface area contributed by atoms with Gasteiger partial charge in [0.25, 0.3) is 5.95 Å². The highest BCUT2D eigenvalue weighted by molar-refractivity contribution is 6.28. The molecule has 6 nitrogen and oxygen atoms in total. The minimum absolute atomic E-state index is 0.111. The molecule has 1 aliphatic rings. The predicted molar refractivity (Wildman–Crippen MR) is 60.2 cm³/mol. The standard InChI is InChI=1S/C10H10ClN5O/c11-8-13-9(16-6-2-5-12-16)15-10(14-8)17-7-3-1-4-7/h2,5-7H,1,3-4H2. The van der Waals surface area contributed by atoms with E-state index in [-0.39, 0.29) is 17.4 Å². The van der Waals surface area contributed by atoms with Gasteiger partial charge in [0, 0.05) is 12.4 Å². The summed E-state index contributed by atoms with van der Waals surface area (Å²) in [7, 11) is 0. The Labute approximate surface area is 103 Å². The molecule has 0 aromatic carbocycles. The van der Waals surface area contributed by atoms with E-state index in [1.54, 1.807) is 18.5 Å². The highest BCUT2D eigenvalue weighted by Gasteiger charge is 2.21. The third-order valence-electron chi connectivity index (χ3n) is 2.61. The van der Waals surface area contributed by atoms with E-state index in [1.165, 1.54) is 11.1 Å². The molecule has 0 unspecified atom stereocenters. The summed E-state index contributed by atoms with van der Waals surface area (Å²) in [5.74, 6) is 0.365. The topological polar surface area (TPSA) is 65.7 Å². The van der Waals surface area contributed by atoms with Crippen molar-refractivity contribution in [3.05, 3.63) is 23.7 Å². The van der Waals surface area contributed by atoms with E-state index in [0.29, 0.717) is 5.95 Å². The smallest absolute Gasteiger partial charge is 0.322 e. The molecule has 0 atom stereocenters. The van der Waals surface area contributed by atoms with Gasteiger partial charge in [-0.1, -0.05) is 0 Å². The highest BCUT2D eigenvalue weighted by Crippen LogP contribution is 2.23. The summed E-state index contributed by atoms with van der Waals surface area (Å²) in [6, 6.07) is 2.05. The fourth-order valence-electron chi connectivity index (χ4n) is 1.50. The van der Waals surface area contributed by atoms with Crippen LogP contribution in [-0.2, 0) is 0 Å². The second-order valence-electron chi connectivity index (χ2n) is 3.81. The highest BCUT2D eigenvalue weighted by atomic mass is 35.5. The lowest BCUT2D eigenvalue weighted by Crippen LogP contribution is -2.25. The van der Waals surface area contributed by atoms with E-state index >= 15 is 0 Å². The van der Waals surface area contributed by atoms with E-state index in [0.717, 1.165) is 12.8 Å². The van der Waals surface area contributed by atoms with Crippen LogP contribution in [0.25, 0.3) is 5.95 Å². The van der Waals surface area contributed by atoms with Crippen molar-refractivity contribution >= 4 is 11.6 Å². The number of hydrogen-bond donors (Lipinski definition) is 0. The van der Waals surface area contributed by atoms with Crippen LogP contribution in [0.3, 0.4) is 0 Å². The molecular weight excluding hydrogens is 242 g/mol. The Morgan fingerprint density at radius 2 is 2.18 bits per heavy atom. The van der Waals surface area contributed by atoms with Gasteiger partial charge in [0.1, 0.15) is 6.10 Å². The first-order valence-electron chi connectivity index (χ1n) is 5.39. The van der Waals surface area contributed by atoms with Gasteiger partial charge in [0.05, 0.1) is 0 Å². The van der Waals surface area contributed by atoms with Crippen LogP contribution in [0.1, 0.15) is 19.3 Å². The molecule has 2 aromatic rings. The molecule has 0 amide bonds. The van der Waals surface area contributed by atoms with E-state index in [4.69, 9.17) is 16.3 Å². The zero-order valence-electron chi connectivity index (χ0n) is 8.95. The molecule has 0 N–H and O–H groups in total. The third kappa shape index (κ3) is 2.21. The van der Waals surface area contributed by atoms with E-state index < -0.39 is 0 Å². The van der Waals surface area contributed by atoms with Crippen molar-refractivity contribution in [3.63, 3.8) is 0 Å². The van der Waals surface area contributed by atoms with Gasteiger partial charge in [-0.05, 0) is 36.9 Å². The Kier molecular flexibility index (Phi) is 2.64. The first kappa shape index (κ1) is 10.5. The Morgan fingerprint density at radius 1 is 1.29 bits per heavy atom. The number of nitrogens with zero attached hydrogens (tertiary/aromatic N) is 5. The normalized spacial score (nSPS) is 15.6. The molecule has 1 fully saturated rings. The van der Waals surface area contributed by atoms with Crippen LogP contribution >= 0.6 is 11.6 Å². The Hall–Kier alpha value is -1.69. The number of ether oxygens (including phenoxy) is 1. The zero-order valence-corrected chi connectivity index (χ0v) is 9.71. The molecule has 0 radical (unpaired) electrons. The van der Waals surface area contributed by atoms with Gasteiger partial charge in [-0.3, -0.25) is 0 Å². The summed E-state index contributed by atoms with van der Waals surface area (Å²) in [5, 5.41) is 4.14. The first-order chi connectivity index (χ1) is 8.31. The van der Waals surface area contributed by atoms with Crippen LogP contribution in [0, 0.1) is 0 Å². The van der Waals surface area contributed by atoms with Gasteiger partial charge >= 0.3 is 6.01 Å². The van der Waals surface area contributed by atoms with Gasteiger partial charge in [0.2, 0.25) is 5.28 Å². The Balaban J connectivity index is 1.89. The molecule has 17 heavy (non-hydrogen) atoms. The Morgan fingerprint density at radius 3 is 2.82 bits per heavy atom. The average molecular weight is 252 g/mol. The quantitative estimate of drug-likeness (QED) is 0.830. The molecule has 2 aromatic heterocycles. The lowest BCUT2D eigenvalue weighted by Gasteiger charge is -2.24. The lowest BCUT2D eigenvalue weighted by molar-refractivity contribution is 0.108. The monoisotopic (exact) mass is 251 g/mol. The largest absolute Gasteiger partial charge is 0.460 e. The van der Waals surface area contributed by atoms with Crippen molar-refractivity contribution in [3.8, 4) is 12.0 Å². The van der Waals surface area contributed by atoms with Gasteiger partial charge in [0.15, 0.2) is 0 Å². The molecule has 0 saturated heterocycles. The van der Waals surface area contributed by atoms with E-state index in [2.05, 4.69) is 20.1 Å². The Bertz CT molecular complexity index is 511. The van der Waals surface area contributed by atoms with Crippen molar-refractivity contribution in [2.24, 2.45) is 0 Å². The van der Waals surface area contributed by atoms with Crippen LogP contribution in [-0.4, -0.2) is 30.8 Å². The van der Waals surface area contributed by atoms with Crippen molar-refractivity contribution in [2.45, 2.75) is 25.4 Å². The van der Waals surface area contributed by atoms with Crippen molar-refractivity contribution in [1.82, 2.24) is 24.7 Å². The lowest BCUT2D eigenvalue weighted by atomic mass is 9.96. The van der Waals surface area contributed by atoms with E-state index in [1.807, 2.05) is 0 Å². The van der Waals surface area contributed by atoms with Crippen molar-refractivity contribution in [2.75, 3.05) is 0 Å². The first-order valence-corrected chi connectivity index (χ1v) is 5.77. The molecule has 88 valence electrons. The molecule has 2 heterocycles. The van der Waals surface area contributed by atoms with Gasteiger partial charge < -0.3 is 4.74 Å². The fourth-order valence-corrected chi connectivity index (χ4v) is 1.65. The predicted octanol–water partition coefficient (Wildman–Crippen LogP) is 1.64. The van der Waals surface area contributed by atoms with Crippen LogP contribution in [0.2, 0.25) is 5.28 Å². The van der Waals surface area contributed by atoms with Crippen LogP contribution in [0.15, 0.2) is 18.5 Å². The zero-order chi connectivity index (χ0) is 11.7. The van der Waals surface area contributed by atoms with Gasteiger partial charge in [-0.2, -0.15) is 20.1 Å². The summed E-state index contributed by atoms with van der Waals surface area (Å²) in [6.45, 7) is 0. The maximum absolute atomic E-state index is 5.83. The van der Waals surface area contributed by atoms with Crippen molar-refractivity contribution in [1.29, 1.82) is 0 Å². The molecule has 7 heteroatoms. The summed E-state index contributed by atoms with van der Waals surface area (Å²) in [6.07, 6.45) is 6.86. The van der Waals surface area contributed by atoms with E-state index in [9.17, 15) is 0 Å². The van der Waals surface area contributed by atoms with Crippen LogP contribution in [0.4, 0.5) is 0 Å². The molecule has 1 aliphatic carbocycles. The van der Waals surface area contributed by atoms with Gasteiger partial charge in [-0.15, -0.1) is 0 Å². The minimum atomic E-state index is 0.111. The summed E-state index contributed by atoms with van der Waals surface area (Å²) < 4.78 is 7.10. The maximum Gasteiger partial charge on any atom is 0.322 e. The molecule has 0 bridgehead atoms. The minimum Gasteiger partial charge on any atom is -0.460 e. The SMILES string of the molecule is Clc1nc(OC2CCC2)nc(-n2cccn2)n1. The third-order valence-corrected chi connectivity index (χ3v) is 2.78. The van der Waals surface area contributed by atoms with Crippen LogP contribution in [0.5, 0.6) is 6.01 Å². The van der Waals surface area contributed by atoms with Crippen LogP contribution < -0.4 is 4.74 Å².